The third kappa shape index (κ3) is 3.38. The third-order valence-electron chi connectivity index (χ3n) is 3.71. The van der Waals surface area contributed by atoms with Crippen LogP contribution in [0.2, 0.25) is 0 Å². The molecule has 1 aliphatic heterocycles. The molecule has 2 heterocycles. The number of hydrogen-bond acceptors (Lipinski definition) is 6. The molecule has 0 aliphatic carbocycles. The van der Waals surface area contributed by atoms with Crippen molar-refractivity contribution in [2.75, 3.05) is 20.8 Å². The summed E-state index contributed by atoms with van der Waals surface area (Å²) in [5.74, 6) is 1.95. The molecular formula is C15H17BrN4O3S. The summed E-state index contributed by atoms with van der Waals surface area (Å²) in [5, 5.41) is 11.5. The van der Waals surface area contributed by atoms with Crippen molar-refractivity contribution in [2.24, 2.45) is 5.10 Å². The Kier molecular flexibility index (Phi) is 5.32. The predicted molar refractivity (Wildman–Crippen MR) is 95.6 cm³/mol. The molecule has 1 aromatic carbocycles. The van der Waals surface area contributed by atoms with Crippen molar-refractivity contribution in [2.45, 2.75) is 18.9 Å². The van der Waals surface area contributed by atoms with Crippen molar-refractivity contribution >= 4 is 34.4 Å². The number of benzene rings is 1. The Morgan fingerprint density at radius 2 is 2.17 bits per heavy atom. The van der Waals surface area contributed by atoms with Gasteiger partial charge in [-0.3, -0.25) is 5.10 Å². The first-order valence-electron chi connectivity index (χ1n) is 7.39. The number of aromatic nitrogens is 3. The topological polar surface area (TPSA) is 73.7 Å². The van der Waals surface area contributed by atoms with Crippen LogP contribution in [-0.2, 0) is 4.74 Å². The van der Waals surface area contributed by atoms with Crippen molar-refractivity contribution in [3.63, 3.8) is 0 Å². The minimum atomic E-state index is -0.0797. The molecule has 0 radical (unpaired) electrons. The zero-order valence-electron chi connectivity index (χ0n) is 13.3. The molecule has 0 spiro atoms. The van der Waals surface area contributed by atoms with Gasteiger partial charge in [0.05, 0.1) is 20.4 Å². The van der Waals surface area contributed by atoms with E-state index in [1.165, 1.54) is 0 Å². The van der Waals surface area contributed by atoms with Crippen LogP contribution in [-0.4, -0.2) is 41.9 Å². The Bertz CT molecular complexity index is 812. The SMILES string of the molecule is COc1cc(Br)c(/C=N\n2c([C@H]3CCCO3)n[nH]c2=S)cc1OC. The van der Waals surface area contributed by atoms with E-state index in [1.54, 1.807) is 25.1 Å². The lowest BCUT2D eigenvalue weighted by Gasteiger charge is -2.10. The van der Waals surface area contributed by atoms with Gasteiger partial charge < -0.3 is 14.2 Å². The van der Waals surface area contributed by atoms with Gasteiger partial charge in [0.25, 0.3) is 0 Å². The fourth-order valence-corrected chi connectivity index (χ4v) is 3.10. The summed E-state index contributed by atoms with van der Waals surface area (Å²) in [7, 11) is 3.19. The van der Waals surface area contributed by atoms with Gasteiger partial charge in [-0.2, -0.15) is 14.9 Å². The minimum absolute atomic E-state index is 0.0797. The average molecular weight is 413 g/mol. The molecule has 1 aromatic heterocycles. The summed E-state index contributed by atoms with van der Waals surface area (Å²) in [6, 6.07) is 3.66. The van der Waals surface area contributed by atoms with Crippen LogP contribution in [0.4, 0.5) is 0 Å². The zero-order chi connectivity index (χ0) is 17.1. The molecule has 0 unspecified atom stereocenters. The van der Waals surface area contributed by atoms with E-state index in [0.29, 0.717) is 22.1 Å². The molecular weight excluding hydrogens is 396 g/mol. The fourth-order valence-electron chi connectivity index (χ4n) is 2.49. The van der Waals surface area contributed by atoms with Gasteiger partial charge in [-0.05, 0) is 53.1 Å². The van der Waals surface area contributed by atoms with Crippen LogP contribution in [0.3, 0.4) is 0 Å². The Morgan fingerprint density at radius 3 is 2.83 bits per heavy atom. The second-order valence-corrected chi connectivity index (χ2v) is 6.41. The van der Waals surface area contributed by atoms with Crippen LogP contribution in [0.1, 0.15) is 30.3 Å². The van der Waals surface area contributed by atoms with Crippen LogP contribution in [0.5, 0.6) is 11.5 Å². The molecule has 0 amide bonds. The number of rotatable bonds is 5. The summed E-state index contributed by atoms with van der Waals surface area (Å²) in [5.41, 5.74) is 0.828. The number of halogens is 1. The van der Waals surface area contributed by atoms with E-state index in [9.17, 15) is 0 Å². The molecule has 128 valence electrons. The first-order valence-corrected chi connectivity index (χ1v) is 8.59. The van der Waals surface area contributed by atoms with E-state index >= 15 is 0 Å². The van der Waals surface area contributed by atoms with Gasteiger partial charge in [0, 0.05) is 16.6 Å². The molecule has 1 aliphatic rings. The largest absolute Gasteiger partial charge is 0.493 e. The number of nitrogens with zero attached hydrogens (tertiary/aromatic N) is 3. The number of nitrogens with one attached hydrogen (secondary N) is 1. The molecule has 24 heavy (non-hydrogen) atoms. The van der Waals surface area contributed by atoms with Gasteiger partial charge in [0.1, 0.15) is 6.10 Å². The molecule has 3 rings (SSSR count). The molecule has 2 aromatic rings. The van der Waals surface area contributed by atoms with Crippen molar-refractivity contribution < 1.29 is 14.2 Å². The Balaban J connectivity index is 1.94. The number of aromatic amines is 1. The Morgan fingerprint density at radius 1 is 1.42 bits per heavy atom. The summed E-state index contributed by atoms with van der Waals surface area (Å²) < 4.78 is 19.1. The average Bonchev–Trinajstić information content (AvgIpc) is 3.23. The quantitative estimate of drug-likeness (QED) is 0.601. The van der Waals surface area contributed by atoms with Crippen molar-refractivity contribution in [3.8, 4) is 11.5 Å². The molecule has 7 nitrogen and oxygen atoms in total. The number of H-pyrrole nitrogens is 1. The molecule has 1 fully saturated rings. The first kappa shape index (κ1) is 17.1. The lowest BCUT2D eigenvalue weighted by Crippen LogP contribution is -2.05. The third-order valence-corrected chi connectivity index (χ3v) is 4.66. The standard InChI is InChI=1S/C15H17BrN4O3S/c1-21-12-6-9(10(16)7-13(12)22-2)8-17-20-14(18-19-15(20)24)11-4-3-5-23-11/h6-8,11H,3-5H2,1-2H3,(H,19,24)/b17-8-/t11-/m1/s1. The summed E-state index contributed by atoms with van der Waals surface area (Å²) in [6.07, 6.45) is 3.53. The lowest BCUT2D eigenvalue weighted by atomic mass is 10.2. The Hall–Kier alpha value is -1.71. The van der Waals surface area contributed by atoms with Gasteiger partial charge in [0.2, 0.25) is 4.77 Å². The van der Waals surface area contributed by atoms with E-state index in [2.05, 4.69) is 31.2 Å². The van der Waals surface area contributed by atoms with E-state index in [-0.39, 0.29) is 6.10 Å². The van der Waals surface area contributed by atoms with Crippen LogP contribution >= 0.6 is 28.1 Å². The van der Waals surface area contributed by atoms with Gasteiger partial charge >= 0.3 is 0 Å². The van der Waals surface area contributed by atoms with Crippen molar-refractivity contribution in [1.29, 1.82) is 0 Å². The predicted octanol–water partition coefficient (Wildman–Crippen LogP) is 3.45. The highest BCUT2D eigenvalue weighted by atomic mass is 79.9. The van der Waals surface area contributed by atoms with E-state index in [1.807, 2.05) is 12.1 Å². The number of methoxy groups -OCH3 is 2. The van der Waals surface area contributed by atoms with Crippen molar-refractivity contribution in [3.05, 3.63) is 32.8 Å². The summed E-state index contributed by atoms with van der Waals surface area (Å²) in [6.45, 7) is 0.731. The maximum absolute atomic E-state index is 5.67. The smallest absolute Gasteiger partial charge is 0.216 e. The lowest BCUT2D eigenvalue weighted by molar-refractivity contribution is 0.102. The number of hydrogen-bond donors (Lipinski definition) is 1. The molecule has 0 saturated carbocycles. The van der Waals surface area contributed by atoms with E-state index in [0.717, 1.165) is 29.5 Å². The maximum Gasteiger partial charge on any atom is 0.216 e. The van der Waals surface area contributed by atoms with Gasteiger partial charge in [-0.1, -0.05) is 0 Å². The molecule has 9 heteroatoms. The molecule has 1 N–H and O–H groups in total. The van der Waals surface area contributed by atoms with E-state index in [4.69, 9.17) is 26.4 Å². The molecule has 0 bridgehead atoms. The van der Waals surface area contributed by atoms with Gasteiger partial charge in [-0.25, -0.2) is 0 Å². The van der Waals surface area contributed by atoms with Gasteiger partial charge in [0.15, 0.2) is 17.3 Å². The van der Waals surface area contributed by atoms with E-state index < -0.39 is 0 Å². The highest BCUT2D eigenvalue weighted by Gasteiger charge is 2.23. The highest BCUT2D eigenvalue weighted by molar-refractivity contribution is 9.10. The monoisotopic (exact) mass is 412 g/mol. The van der Waals surface area contributed by atoms with Crippen molar-refractivity contribution in [1.82, 2.24) is 14.9 Å². The highest BCUT2D eigenvalue weighted by Crippen LogP contribution is 2.32. The minimum Gasteiger partial charge on any atom is -0.493 e. The summed E-state index contributed by atoms with van der Waals surface area (Å²) >= 11 is 8.77. The normalized spacial score (nSPS) is 17.5. The second-order valence-electron chi connectivity index (χ2n) is 5.17. The van der Waals surface area contributed by atoms with Crippen LogP contribution in [0.15, 0.2) is 21.7 Å². The maximum atomic E-state index is 5.67. The van der Waals surface area contributed by atoms with Crippen LogP contribution in [0.25, 0.3) is 0 Å². The van der Waals surface area contributed by atoms with Gasteiger partial charge in [-0.15, -0.1) is 0 Å². The first-order chi connectivity index (χ1) is 11.6. The van der Waals surface area contributed by atoms with Crippen LogP contribution < -0.4 is 9.47 Å². The zero-order valence-corrected chi connectivity index (χ0v) is 15.7. The van der Waals surface area contributed by atoms with Crippen LogP contribution in [0, 0.1) is 4.77 Å². The fraction of sp³-hybridized carbons (Fsp3) is 0.400. The summed E-state index contributed by atoms with van der Waals surface area (Å²) in [4.78, 5) is 0. The number of ether oxygens (including phenoxy) is 3. The Labute approximate surface area is 152 Å². The second kappa shape index (κ2) is 7.45. The molecule has 1 atom stereocenters. The molecule has 1 saturated heterocycles.